The normalized spacial score (nSPS) is 10.2. The Morgan fingerprint density at radius 1 is 0.867 bits per heavy atom. The van der Waals surface area contributed by atoms with Gasteiger partial charge in [0.25, 0.3) is 0 Å². The van der Waals surface area contributed by atoms with Gasteiger partial charge in [-0.25, -0.2) is 4.79 Å². The van der Waals surface area contributed by atoms with Crippen LogP contribution in [0.15, 0.2) is 48.5 Å². The molecule has 7 heteroatoms. The summed E-state index contributed by atoms with van der Waals surface area (Å²) in [5.41, 5.74) is 1.54. The Balaban J connectivity index is 1.70. The van der Waals surface area contributed by atoms with Gasteiger partial charge in [0.2, 0.25) is 5.91 Å². The molecule has 2 aromatic carbocycles. The molecule has 0 aliphatic rings. The fourth-order valence-corrected chi connectivity index (χ4v) is 2.63. The second kappa shape index (κ2) is 12.3. The van der Waals surface area contributed by atoms with Crippen LogP contribution in [0.5, 0.6) is 11.5 Å². The molecule has 2 aromatic rings. The zero-order valence-corrected chi connectivity index (χ0v) is 17.3. The SMILES string of the molecule is CCOc1ccc(OCC(=O)OCC(=O)c2ccc(CCCNC(C)=O)cc2)cc1. The number of rotatable bonds is 12. The van der Waals surface area contributed by atoms with Gasteiger partial charge in [0.05, 0.1) is 6.61 Å². The lowest BCUT2D eigenvalue weighted by Gasteiger charge is -2.08. The summed E-state index contributed by atoms with van der Waals surface area (Å²) in [4.78, 5) is 34.8. The van der Waals surface area contributed by atoms with Crippen LogP contribution in [-0.4, -0.2) is 44.0 Å². The largest absolute Gasteiger partial charge is 0.494 e. The molecule has 1 N–H and O–H groups in total. The molecular formula is C23H27NO6. The first-order valence-corrected chi connectivity index (χ1v) is 9.85. The van der Waals surface area contributed by atoms with Crippen molar-refractivity contribution in [3.63, 3.8) is 0 Å². The predicted molar refractivity (Wildman–Crippen MR) is 112 cm³/mol. The van der Waals surface area contributed by atoms with E-state index in [2.05, 4.69) is 5.32 Å². The standard InChI is InChI=1S/C23H27NO6/c1-3-28-20-10-12-21(13-11-20)29-16-23(27)30-15-22(26)19-8-6-18(7-9-19)5-4-14-24-17(2)25/h6-13H,3-5,14-16H2,1-2H3,(H,24,25). The molecule has 0 atom stereocenters. The quantitative estimate of drug-likeness (QED) is 0.327. The molecule has 0 aliphatic carbocycles. The second-order valence-electron chi connectivity index (χ2n) is 6.56. The van der Waals surface area contributed by atoms with E-state index in [-0.39, 0.29) is 24.9 Å². The number of benzene rings is 2. The highest BCUT2D eigenvalue weighted by molar-refractivity contribution is 5.98. The van der Waals surface area contributed by atoms with Gasteiger partial charge < -0.3 is 19.5 Å². The minimum Gasteiger partial charge on any atom is -0.494 e. The Bertz CT molecular complexity index is 830. The highest BCUT2D eigenvalue weighted by Crippen LogP contribution is 2.17. The van der Waals surface area contributed by atoms with Crippen LogP contribution in [0.2, 0.25) is 0 Å². The lowest BCUT2D eigenvalue weighted by Crippen LogP contribution is -2.21. The highest BCUT2D eigenvalue weighted by atomic mass is 16.6. The average molecular weight is 413 g/mol. The Morgan fingerprint density at radius 3 is 2.10 bits per heavy atom. The molecule has 0 aliphatic heterocycles. The van der Waals surface area contributed by atoms with E-state index in [0.717, 1.165) is 24.2 Å². The van der Waals surface area contributed by atoms with Crippen molar-refractivity contribution in [3.8, 4) is 11.5 Å². The summed E-state index contributed by atoms with van der Waals surface area (Å²) in [5.74, 6) is 0.281. The molecule has 0 heterocycles. The minimum absolute atomic E-state index is 0.0460. The number of carbonyl (C=O) groups is 3. The molecule has 0 saturated carbocycles. The van der Waals surface area contributed by atoms with Crippen molar-refractivity contribution in [1.82, 2.24) is 5.32 Å². The first-order chi connectivity index (χ1) is 14.5. The van der Waals surface area contributed by atoms with Crippen LogP contribution in [0.4, 0.5) is 0 Å². The smallest absolute Gasteiger partial charge is 0.344 e. The summed E-state index contributed by atoms with van der Waals surface area (Å²) in [6.45, 7) is 3.94. The molecule has 2 rings (SSSR count). The summed E-state index contributed by atoms with van der Waals surface area (Å²) >= 11 is 0. The fraction of sp³-hybridized carbons (Fsp3) is 0.348. The minimum atomic E-state index is -0.619. The van der Waals surface area contributed by atoms with Crippen LogP contribution in [0.25, 0.3) is 0 Å². The van der Waals surface area contributed by atoms with E-state index in [4.69, 9.17) is 14.2 Å². The molecule has 0 aromatic heterocycles. The summed E-state index contributed by atoms with van der Waals surface area (Å²) in [6, 6.07) is 14.0. The van der Waals surface area contributed by atoms with E-state index >= 15 is 0 Å². The third-order valence-electron chi connectivity index (χ3n) is 4.15. The van der Waals surface area contributed by atoms with Crippen LogP contribution < -0.4 is 14.8 Å². The Morgan fingerprint density at radius 2 is 1.50 bits per heavy atom. The van der Waals surface area contributed by atoms with E-state index in [1.165, 1.54) is 6.92 Å². The maximum absolute atomic E-state index is 12.2. The van der Waals surface area contributed by atoms with Crippen molar-refractivity contribution < 1.29 is 28.6 Å². The number of esters is 1. The molecule has 0 saturated heterocycles. The van der Waals surface area contributed by atoms with Gasteiger partial charge in [-0.15, -0.1) is 0 Å². The van der Waals surface area contributed by atoms with Gasteiger partial charge in [0.1, 0.15) is 11.5 Å². The van der Waals surface area contributed by atoms with E-state index < -0.39 is 5.97 Å². The highest BCUT2D eigenvalue weighted by Gasteiger charge is 2.11. The van der Waals surface area contributed by atoms with Crippen molar-refractivity contribution in [2.45, 2.75) is 26.7 Å². The molecule has 7 nitrogen and oxygen atoms in total. The van der Waals surface area contributed by atoms with Gasteiger partial charge in [-0.3, -0.25) is 9.59 Å². The number of ether oxygens (including phenoxy) is 3. The van der Waals surface area contributed by atoms with E-state index in [9.17, 15) is 14.4 Å². The third-order valence-corrected chi connectivity index (χ3v) is 4.15. The maximum atomic E-state index is 12.2. The zero-order chi connectivity index (χ0) is 21.8. The molecule has 30 heavy (non-hydrogen) atoms. The number of carbonyl (C=O) groups excluding carboxylic acids is 3. The summed E-state index contributed by atoms with van der Waals surface area (Å²) in [5, 5.41) is 2.74. The molecule has 0 radical (unpaired) electrons. The number of nitrogens with one attached hydrogen (secondary N) is 1. The Labute approximate surface area is 176 Å². The molecule has 0 spiro atoms. The maximum Gasteiger partial charge on any atom is 0.344 e. The Hall–Kier alpha value is -3.35. The van der Waals surface area contributed by atoms with Gasteiger partial charge in [-0.1, -0.05) is 24.3 Å². The van der Waals surface area contributed by atoms with Crippen molar-refractivity contribution in [2.24, 2.45) is 0 Å². The van der Waals surface area contributed by atoms with Crippen molar-refractivity contribution in [1.29, 1.82) is 0 Å². The van der Waals surface area contributed by atoms with Crippen molar-refractivity contribution in [3.05, 3.63) is 59.7 Å². The lowest BCUT2D eigenvalue weighted by molar-refractivity contribution is -0.144. The van der Waals surface area contributed by atoms with Gasteiger partial charge in [-0.2, -0.15) is 0 Å². The van der Waals surface area contributed by atoms with Crippen LogP contribution in [0.1, 0.15) is 36.2 Å². The number of hydrogen-bond acceptors (Lipinski definition) is 6. The summed E-state index contributed by atoms with van der Waals surface area (Å²) < 4.78 is 15.7. The van der Waals surface area contributed by atoms with Crippen molar-refractivity contribution >= 4 is 17.7 Å². The van der Waals surface area contributed by atoms with Gasteiger partial charge in [-0.05, 0) is 49.6 Å². The van der Waals surface area contributed by atoms with Gasteiger partial charge in [0.15, 0.2) is 19.0 Å². The molecule has 0 bridgehead atoms. The molecule has 160 valence electrons. The molecular weight excluding hydrogens is 386 g/mol. The monoisotopic (exact) mass is 413 g/mol. The van der Waals surface area contributed by atoms with Crippen LogP contribution >= 0.6 is 0 Å². The molecule has 1 amide bonds. The second-order valence-corrected chi connectivity index (χ2v) is 6.56. The fourth-order valence-electron chi connectivity index (χ4n) is 2.63. The number of Topliss-reactive ketones (excluding diaryl/α,β-unsaturated/α-hetero) is 1. The summed E-state index contributed by atoms with van der Waals surface area (Å²) in [7, 11) is 0. The predicted octanol–water partition coefficient (Wildman–Crippen LogP) is 2.96. The first kappa shape index (κ1) is 22.9. The van der Waals surface area contributed by atoms with E-state index in [1.54, 1.807) is 36.4 Å². The molecule has 0 fully saturated rings. The van der Waals surface area contributed by atoms with Gasteiger partial charge in [0, 0.05) is 19.0 Å². The lowest BCUT2D eigenvalue weighted by atomic mass is 10.1. The Kier molecular flexibility index (Phi) is 9.37. The van der Waals surface area contributed by atoms with Crippen LogP contribution in [-0.2, 0) is 20.7 Å². The number of ketones is 1. The van der Waals surface area contributed by atoms with E-state index in [0.29, 0.717) is 24.5 Å². The van der Waals surface area contributed by atoms with Crippen LogP contribution in [0, 0.1) is 0 Å². The topological polar surface area (TPSA) is 90.9 Å². The third kappa shape index (κ3) is 8.34. The average Bonchev–Trinajstić information content (AvgIpc) is 2.75. The van der Waals surface area contributed by atoms with E-state index in [1.807, 2.05) is 19.1 Å². The van der Waals surface area contributed by atoms with Gasteiger partial charge >= 0.3 is 5.97 Å². The summed E-state index contributed by atoms with van der Waals surface area (Å²) in [6.07, 6.45) is 1.62. The number of amides is 1. The first-order valence-electron chi connectivity index (χ1n) is 9.85. The van der Waals surface area contributed by atoms with Crippen molar-refractivity contribution in [2.75, 3.05) is 26.4 Å². The van der Waals surface area contributed by atoms with Crippen LogP contribution in [0.3, 0.4) is 0 Å². The zero-order valence-electron chi connectivity index (χ0n) is 17.3. The number of aryl methyl sites for hydroxylation is 1. The number of hydrogen-bond donors (Lipinski definition) is 1. The molecule has 0 unspecified atom stereocenters.